The predicted octanol–water partition coefficient (Wildman–Crippen LogP) is 1.43. The summed E-state index contributed by atoms with van der Waals surface area (Å²) in [6.45, 7) is 2.36. The molecule has 0 aromatic heterocycles. The van der Waals surface area contributed by atoms with Crippen LogP contribution in [-0.4, -0.2) is 46.2 Å². The summed E-state index contributed by atoms with van der Waals surface area (Å²) in [6.07, 6.45) is 3.79. The van der Waals surface area contributed by atoms with Gasteiger partial charge in [0.2, 0.25) is 0 Å². The maximum atomic E-state index is 11.1. The van der Waals surface area contributed by atoms with Gasteiger partial charge in [-0.15, -0.1) is 0 Å². The number of piperidine rings is 1. The first kappa shape index (κ1) is 16.1. The molecule has 1 heterocycles. The van der Waals surface area contributed by atoms with Gasteiger partial charge in [-0.05, 0) is 31.4 Å². The van der Waals surface area contributed by atoms with Crippen molar-refractivity contribution in [2.24, 2.45) is 5.73 Å². The molecular weight excluding hydrogens is 288 g/mol. The van der Waals surface area contributed by atoms with Gasteiger partial charge < -0.3 is 15.4 Å². The quantitative estimate of drug-likeness (QED) is 0.805. The van der Waals surface area contributed by atoms with Gasteiger partial charge in [0.15, 0.2) is 0 Å². The first-order chi connectivity index (χ1) is 9.94. The van der Waals surface area contributed by atoms with Crippen LogP contribution in [-0.2, 0) is 9.84 Å². The summed E-state index contributed by atoms with van der Waals surface area (Å²) in [6, 6.07) is 8.27. The number of hydrogen-bond donors (Lipinski definition) is 1. The minimum Gasteiger partial charge on any atom is -0.493 e. The highest BCUT2D eigenvalue weighted by Crippen LogP contribution is 2.24. The third-order valence-corrected chi connectivity index (χ3v) is 4.68. The molecule has 0 atom stereocenters. The van der Waals surface area contributed by atoms with Gasteiger partial charge in [-0.2, -0.15) is 0 Å². The zero-order chi connectivity index (χ0) is 15.3. The molecule has 2 rings (SSSR count). The van der Waals surface area contributed by atoms with Crippen molar-refractivity contribution >= 4 is 15.5 Å². The van der Waals surface area contributed by atoms with E-state index in [-0.39, 0.29) is 5.75 Å². The van der Waals surface area contributed by atoms with E-state index >= 15 is 0 Å². The Balaban J connectivity index is 1.86. The lowest BCUT2D eigenvalue weighted by atomic mass is 10.1. The van der Waals surface area contributed by atoms with E-state index in [4.69, 9.17) is 10.5 Å². The average molecular weight is 312 g/mol. The van der Waals surface area contributed by atoms with Crippen LogP contribution >= 0.6 is 0 Å². The molecule has 21 heavy (non-hydrogen) atoms. The van der Waals surface area contributed by atoms with E-state index in [1.54, 1.807) is 0 Å². The Kier molecular flexibility index (Phi) is 5.47. The number of ether oxygens (including phenoxy) is 1. The molecule has 2 N–H and O–H groups in total. The Bertz CT molecular complexity index is 552. The third-order valence-electron chi connectivity index (χ3n) is 3.65. The molecule has 6 heteroatoms. The molecule has 118 valence electrons. The topological polar surface area (TPSA) is 72.6 Å². The van der Waals surface area contributed by atoms with Gasteiger partial charge in [0, 0.05) is 37.1 Å². The number of rotatable bonds is 6. The number of sulfone groups is 1. The summed E-state index contributed by atoms with van der Waals surface area (Å²) in [5.41, 5.74) is 7.06. The highest BCUT2D eigenvalue weighted by atomic mass is 32.2. The molecule has 0 saturated carbocycles. The smallest absolute Gasteiger partial charge is 0.147 e. The lowest BCUT2D eigenvalue weighted by Gasteiger charge is -2.32. The summed E-state index contributed by atoms with van der Waals surface area (Å²) in [7, 11) is -2.91. The highest BCUT2D eigenvalue weighted by molar-refractivity contribution is 7.90. The van der Waals surface area contributed by atoms with Crippen LogP contribution in [0.3, 0.4) is 0 Å². The van der Waals surface area contributed by atoms with Crippen molar-refractivity contribution < 1.29 is 13.2 Å². The average Bonchev–Trinajstić information content (AvgIpc) is 2.44. The van der Waals surface area contributed by atoms with E-state index in [1.165, 1.54) is 6.26 Å². The summed E-state index contributed by atoms with van der Waals surface area (Å²) in [5.74, 6) is 0.951. The Morgan fingerprint density at radius 3 is 2.71 bits per heavy atom. The van der Waals surface area contributed by atoms with Gasteiger partial charge in [0.25, 0.3) is 0 Å². The van der Waals surface area contributed by atoms with Crippen molar-refractivity contribution in [3.8, 4) is 5.75 Å². The molecular formula is C15H24N2O3S. The maximum absolute atomic E-state index is 11.1. The van der Waals surface area contributed by atoms with Crippen LogP contribution in [0, 0.1) is 0 Å². The van der Waals surface area contributed by atoms with E-state index in [0.717, 1.165) is 37.4 Å². The molecule has 1 fully saturated rings. The van der Waals surface area contributed by atoms with E-state index in [0.29, 0.717) is 19.1 Å². The normalized spacial score (nSPS) is 17.0. The fourth-order valence-corrected chi connectivity index (χ4v) is 3.08. The molecule has 0 aliphatic carbocycles. The molecule has 1 aliphatic heterocycles. The van der Waals surface area contributed by atoms with Crippen LogP contribution in [0.5, 0.6) is 5.75 Å². The first-order valence-corrected chi connectivity index (χ1v) is 9.41. The van der Waals surface area contributed by atoms with Crippen molar-refractivity contribution in [1.29, 1.82) is 0 Å². The third kappa shape index (κ3) is 5.55. The minimum absolute atomic E-state index is 0.163. The summed E-state index contributed by atoms with van der Waals surface area (Å²) >= 11 is 0. The Morgan fingerprint density at radius 2 is 2.05 bits per heavy atom. The largest absolute Gasteiger partial charge is 0.493 e. The fourth-order valence-electron chi connectivity index (χ4n) is 2.44. The van der Waals surface area contributed by atoms with Crippen LogP contribution in [0.15, 0.2) is 24.3 Å². The monoisotopic (exact) mass is 312 g/mol. The lowest BCUT2D eigenvalue weighted by Crippen LogP contribution is -2.39. The van der Waals surface area contributed by atoms with Crippen molar-refractivity contribution in [2.45, 2.75) is 25.3 Å². The summed E-state index contributed by atoms with van der Waals surface area (Å²) < 4.78 is 27.8. The van der Waals surface area contributed by atoms with Gasteiger partial charge in [-0.1, -0.05) is 6.07 Å². The van der Waals surface area contributed by atoms with E-state index < -0.39 is 9.84 Å². The van der Waals surface area contributed by atoms with Crippen molar-refractivity contribution in [3.05, 3.63) is 24.3 Å². The lowest BCUT2D eigenvalue weighted by molar-refractivity contribution is 0.317. The Hall–Kier alpha value is -1.27. The van der Waals surface area contributed by atoms with Crippen molar-refractivity contribution in [3.63, 3.8) is 0 Å². The zero-order valence-electron chi connectivity index (χ0n) is 12.5. The second-order valence-electron chi connectivity index (χ2n) is 5.65. The predicted molar refractivity (Wildman–Crippen MR) is 85.7 cm³/mol. The molecule has 1 aliphatic rings. The van der Waals surface area contributed by atoms with Crippen molar-refractivity contribution in [2.75, 3.05) is 36.6 Å². The summed E-state index contributed by atoms with van der Waals surface area (Å²) in [5, 5.41) is 0. The molecule has 1 saturated heterocycles. The number of nitrogens with two attached hydrogens (primary N) is 1. The molecule has 1 aromatic carbocycles. The molecule has 5 nitrogen and oxygen atoms in total. The molecule has 1 aromatic rings. The second kappa shape index (κ2) is 7.13. The number of benzene rings is 1. The molecule has 0 radical (unpaired) electrons. The van der Waals surface area contributed by atoms with Crippen LogP contribution in [0.1, 0.15) is 19.3 Å². The Labute approximate surface area is 127 Å². The van der Waals surface area contributed by atoms with E-state index in [1.807, 2.05) is 18.2 Å². The SMILES string of the molecule is CS(=O)(=O)CCCOc1cccc(N2CCC(N)CC2)c1. The van der Waals surface area contributed by atoms with Crippen LogP contribution in [0.2, 0.25) is 0 Å². The van der Waals surface area contributed by atoms with Crippen LogP contribution in [0.4, 0.5) is 5.69 Å². The number of anilines is 1. The van der Waals surface area contributed by atoms with E-state index in [2.05, 4.69) is 11.0 Å². The molecule has 0 bridgehead atoms. The minimum atomic E-state index is -2.91. The van der Waals surface area contributed by atoms with Gasteiger partial charge in [0.05, 0.1) is 12.4 Å². The first-order valence-electron chi connectivity index (χ1n) is 7.35. The van der Waals surface area contributed by atoms with Crippen LogP contribution < -0.4 is 15.4 Å². The van der Waals surface area contributed by atoms with E-state index in [9.17, 15) is 8.42 Å². The fraction of sp³-hybridized carbons (Fsp3) is 0.600. The second-order valence-corrected chi connectivity index (χ2v) is 7.91. The zero-order valence-corrected chi connectivity index (χ0v) is 13.3. The number of hydrogen-bond acceptors (Lipinski definition) is 5. The van der Waals surface area contributed by atoms with Crippen LogP contribution in [0.25, 0.3) is 0 Å². The molecule has 0 amide bonds. The van der Waals surface area contributed by atoms with Gasteiger partial charge in [-0.3, -0.25) is 0 Å². The molecule has 0 unspecified atom stereocenters. The van der Waals surface area contributed by atoms with Crippen molar-refractivity contribution in [1.82, 2.24) is 0 Å². The molecule has 0 spiro atoms. The summed E-state index contributed by atoms with van der Waals surface area (Å²) in [4.78, 5) is 2.31. The van der Waals surface area contributed by atoms with Gasteiger partial charge in [-0.25, -0.2) is 8.42 Å². The standard InChI is InChI=1S/C15H24N2O3S/c1-21(18,19)11-3-10-20-15-5-2-4-14(12-15)17-8-6-13(16)7-9-17/h2,4-5,12-13H,3,6-11,16H2,1H3. The number of nitrogens with zero attached hydrogens (tertiary/aromatic N) is 1. The Morgan fingerprint density at radius 1 is 1.33 bits per heavy atom. The van der Waals surface area contributed by atoms with Gasteiger partial charge in [0.1, 0.15) is 15.6 Å². The maximum Gasteiger partial charge on any atom is 0.147 e. The van der Waals surface area contributed by atoms with Gasteiger partial charge >= 0.3 is 0 Å². The highest BCUT2D eigenvalue weighted by Gasteiger charge is 2.16.